The fourth-order valence-electron chi connectivity index (χ4n) is 2.24. The van der Waals surface area contributed by atoms with Gasteiger partial charge in [0.2, 0.25) is 0 Å². The van der Waals surface area contributed by atoms with Crippen LogP contribution in [0.2, 0.25) is 0 Å². The molecule has 4 aromatic rings. The van der Waals surface area contributed by atoms with Crippen molar-refractivity contribution >= 4 is 0 Å². The van der Waals surface area contributed by atoms with Crippen LogP contribution in [-0.2, 0) is 21.1 Å². The number of hydrogen-bond acceptors (Lipinski definition) is 2. The van der Waals surface area contributed by atoms with E-state index in [0.717, 1.165) is 22.5 Å². The third-order valence-electron chi connectivity index (χ3n) is 3.42. The Morgan fingerprint density at radius 3 is 1.58 bits per heavy atom. The second-order valence-electron chi connectivity index (χ2n) is 5.09. The molecule has 4 heteroatoms. The van der Waals surface area contributed by atoms with Gasteiger partial charge in [0.25, 0.3) is 0 Å². The van der Waals surface area contributed by atoms with Crippen LogP contribution in [-0.4, -0.2) is 9.97 Å². The molecule has 26 heavy (non-hydrogen) atoms. The third kappa shape index (κ3) is 6.55. The van der Waals surface area contributed by atoms with Crippen molar-refractivity contribution in [3.8, 4) is 22.5 Å². The Balaban J connectivity index is 0.000000241. The molecule has 0 atom stereocenters. The van der Waals surface area contributed by atoms with Gasteiger partial charge in [0.15, 0.2) is 0 Å². The van der Waals surface area contributed by atoms with E-state index in [2.05, 4.69) is 28.2 Å². The Bertz CT molecular complexity index is 692. The van der Waals surface area contributed by atoms with Crippen molar-refractivity contribution in [2.75, 3.05) is 0 Å². The van der Waals surface area contributed by atoms with E-state index >= 15 is 0 Å². The first-order valence-corrected chi connectivity index (χ1v) is 7.77. The molecule has 0 radical (unpaired) electrons. The number of benzene rings is 2. The summed E-state index contributed by atoms with van der Waals surface area (Å²) in [5.41, 5.74) is 4.33. The number of hydrogen-bond donors (Lipinski definition) is 0. The van der Waals surface area contributed by atoms with Crippen molar-refractivity contribution < 1.29 is 33.5 Å². The summed E-state index contributed by atoms with van der Waals surface area (Å²) < 4.78 is 0. The minimum absolute atomic E-state index is 0. The summed E-state index contributed by atoms with van der Waals surface area (Å²) in [4.78, 5) is 8.44. The van der Waals surface area contributed by atoms with Crippen molar-refractivity contribution in [2.24, 2.45) is 0 Å². The van der Waals surface area contributed by atoms with E-state index in [0.29, 0.717) is 0 Å². The van der Waals surface area contributed by atoms with Gasteiger partial charge in [0.05, 0.1) is 5.69 Å². The van der Waals surface area contributed by atoms with Gasteiger partial charge in [-0.25, -0.2) is 12.1 Å². The number of aromatic nitrogens is 2. The van der Waals surface area contributed by atoms with E-state index in [1.807, 2.05) is 85.1 Å². The normalized spacial score (nSPS) is 8.92. The molecule has 2 heterocycles. The van der Waals surface area contributed by atoms with Crippen molar-refractivity contribution in [1.82, 2.24) is 9.97 Å². The molecule has 0 aliphatic rings. The molecule has 2 aromatic heterocycles. The molecular formula is C22H17ClN2Pt. The quantitative estimate of drug-likeness (QED) is 0.366. The predicted molar refractivity (Wildman–Crippen MR) is 98.2 cm³/mol. The minimum Gasteiger partial charge on any atom is -1.00 e. The molecule has 0 bridgehead atoms. The SMILES string of the molecule is [Cl-].[Pt+2].[c-]1ccc(-c2ccccc2)nc1.c1ccc(-c2ccccn2)cc1. The van der Waals surface area contributed by atoms with E-state index in [-0.39, 0.29) is 33.5 Å². The van der Waals surface area contributed by atoms with Gasteiger partial charge in [-0.05, 0) is 23.4 Å². The van der Waals surface area contributed by atoms with Crippen LogP contribution in [0.1, 0.15) is 0 Å². The summed E-state index contributed by atoms with van der Waals surface area (Å²) >= 11 is 0. The molecule has 2 nitrogen and oxygen atoms in total. The summed E-state index contributed by atoms with van der Waals surface area (Å²) in [6, 6.07) is 32.9. The van der Waals surface area contributed by atoms with Crippen molar-refractivity contribution in [3.05, 3.63) is 109 Å². The fourth-order valence-corrected chi connectivity index (χ4v) is 2.24. The minimum atomic E-state index is 0. The Labute approximate surface area is 175 Å². The zero-order chi connectivity index (χ0) is 16.5. The first kappa shape index (κ1) is 21.8. The standard InChI is InChI=1S/C11H9N.C11H8N.ClH.Pt/c2*1-2-6-10(7-3-1)11-8-4-5-9-12-11;;/h1-9H;1-4,6-9H;1H;/q;-1;;+2/p-1. The largest absolute Gasteiger partial charge is 2.00 e. The van der Waals surface area contributed by atoms with Gasteiger partial charge in [-0.1, -0.05) is 72.9 Å². The van der Waals surface area contributed by atoms with Gasteiger partial charge in [0, 0.05) is 11.8 Å². The second-order valence-corrected chi connectivity index (χ2v) is 5.09. The first-order chi connectivity index (χ1) is 11.9. The topological polar surface area (TPSA) is 25.8 Å². The van der Waals surface area contributed by atoms with E-state index in [4.69, 9.17) is 0 Å². The van der Waals surface area contributed by atoms with Gasteiger partial charge in [-0.2, -0.15) is 6.07 Å². The molecular weight excluding hydrogens is 523 g/mol. The van der Waals surface area contributed by atoms with Gasteiger partial charge in [-0.3, -0.25) is 9.97 Å². The number of nitrogens with zero attached hydrogens (tertiary/aromatic N) is 2. The molecule has 0 aliphatic carbocycles. The fraction of sp³-hybridized carbons (Fsp3) is 0. The molecule has 0 aliphatic heterocycles. The second kappa shape index (κ2) is 12.1. The molecule has 0 amide bonds. The molecule has 4 rings (SSSR count). The smallest absolute Gasteiger partial charge is 1.00 e. The molecule has 0 saturated heterocycles. The summed E-state index contributed by atoms with van der Waals surface area (Å²) in [7, 11) is 0. The van der Waals surface area contributed by atoms with Crippen LogP contribution >= 0.6 is 0 Å². The maximum absolute atomic E-state index is 4.25. The van der Waals surface area contributed by atoms with Gasteiger partial charge < -0.3 is 12.4 Å². The van der Waals surface area contributed by atoms with Crippen molar-refractivity contribution in [2.45, 2.75) is 0 Å². The van der Waals surface area contributed by atoms with Crippen LogP contribution in [0.4, 0.5) is 0 Å². The summed E-state index contributed by atoms with van der Waals surface area (Å²) in [5, 5.41) is 0. The molecule has 0 spiro atoms. The van der Waals surface area contributed by atoms with Gasteiger partial charge >= 0.3 is 21.1 Å². The van der Waals surface area contributed by atoms with Crippen LogP contribution in [0.15, 0.2) is 103 Å². The zero-order valence-corrected chi connectivity index (χ0v) is 16.9. The Hall–Kier alpha value is -2.28. The monoisotopic (exact) mass is 539 g/mol. The van der Waals surface area contributed by atoms with Crippen LogP contribution in [0.5, 0.6) is 0 Å². The Kier molecular flexibility index (Phi) is 10.2. The van der Waals surface area contributed by atoms with Crippen LogP contribution in [0.25, 0.3) is 22.5 Å². The molecule has 2 aromatic carbocycles. The molecule has 0 unspecified atom stereocenters. The van der Waals surface area contributed by atoms with E-state index in [1.54, 1.807) is 6.20 Å². The number of rotatable bonds is 2. The molecule has 132 valence electrons. The van der Waals surface area contributed by atoms with E-state index in [9.17, 15) is 0 Å². The maximum atomic E-state index is 4.25. The number of pyridine rings is 2. The van der Waals surface area contributed by atoms with Crippen LogP contribution in [0, 0.1) is 6.07 Å². The van der Waals surface area contributed by atoms with E-state index in [1.165, 1.54) is 0 Å². The molecule has 0 N–H and O–H groups in total. The zero-order valence-electron chi connectivity index (χ0n) is 13.9. The first-order valence-electron chi connectivity index (χ1n) is 7.77. The molecule has 0 saturated carbocycles. The summed E-state index contributed by atoms with van der Waals surface area (Å²) in [6.07, 6.45) is 3.49. The maximum Gasteiger partial charge on any atom is 2.00 e. The summed E-state index contributed by atoms with van der Waals surface area (Å²) in [5.74, 6) is 0. The number of halogens is 1. The van der Waals surface area contributed by atoms with E-state index < -0.39 is 0 Å². The Morgan fingerprint density at radius 1 is 0.577 bits per heavy atom. The van der Waals surface area contributed by atoms with Crippen LogP contribution in [0.3, 0.4) is 0 Å². The van der Waals surface area contributed by atoms with Crippen LogP contribution < -0.4 is 12.4 Å². The third-order valence-corrected chi connectivity index (χ3v) is 3.42. The Morgan fingerprint density at radius 2 is 1.12 bits per heavy atom. The summed E-state index contributed by atoms with van der Waals surface area (Å²) in [6.45, 7) is 0. The molecule has 0 fully saturated rings. The van der Waals surface area contributed by atoms with Crippen molar-refractivity contribution in [3.63, 3.8) is 0 Å². The van der Waals surface area contributed by atoms with Gasteiger partial charge in [0.1, 0.15) is 0 Å². The average molecular weight is 540 g/mol. The average Bonchev–Trinajstić information content (AvgIpc) is 2.71. The van der Waals surface area contributed by atoms with Crippen molar-refractivity contribution in [1.29, 1.82) is 0 Å². The van der Waals surface area contributed by atoms with Gasteiger partial charge in [-0.15, -0.1) is 0 Å². The predicted octanol–water partition coefficient (Wildman–Crippen LogP) is 2.30.